The van der Waals surface area contributed by atoms with Gasteiger partial charge < -0.3 is 24.4 Å². The Morgan fingerprint density at radius 3 is 2.64 bits per heavy atom. The third-order valence-electron chi connectivity index (χ3n) is 5.38. The van der Waals surface area contributed by atoms with E-state index in [1.54, 1.807) is 0 Å². The van der Waals surface area contributed by atoms with Gasteiger partial charge in [-0.1, -0.05) is 6.92 Å². The average Bonchev–Trinajstić information content (AvgIpc) is 2.63. The summed E-state index contributed by atoms with van der Waals surface area (Å²) in [4.78, 5) is 7.24. The maximum Gasteiger partial charge on any atom is 0.193 e. The van der Waals surface area contributed by atoms with Gasteiger partial charge in [0.1, 0.15) is 0 Å². The summed E-state index contributed by atoms with van der Waals surface area (Å²) in [5.41, 5.74) is 0.224. The van der Waals surface area contributed by atoms with Gasteiger partial charge in [0, 0.05) is 31.7 Å². The zero-order valence-electron chi connectivity index (χ0n) is 16.0. The first-order chi connectivity index (χ1) is 12.2. The number of nitrogens with zero attached hydrogens (tertiary/aromatic N) is 2. The molecule has 6 heteroatoms. The molecule has 3 rings (SSSR count). The Morgan fingerprint density at radius 1 is 1.24 bits per heavy atom. The first kappa shape index (κ1) is 18.9. The highest BCUT2D eigenvalue weighted by Crippen LogP contribution is 2.26. The lowest BCUT2D eigenvalue weighted by atomic mass is 9.89. The standard InChI is InChI=1S/C19H35N3O3/c1-3-20-18(21-13-19(2)14-23-15-19)22-9-7-16(8-10-22)25-12-17-6-4-5-11-24-17/h16-17H,3-15H2,1-2H3,(H,20,21). The smallest absolute Gasteiger partial charge is 0.193 e. The van der Waals surface area contributed by atoms with Gasteiger partial charge >= 0.3 is 0 Å². The minimum Gasteiger partial charge on any atom is -0.380 e. The Kier molecular flexibility index (Phi) is 6.96. The third-order valence-corrected chi connectivity index (χ3v) is 5.38. The number of hydrogen-bond donors (Lipinski definition) is 1. The van der Waals surface area contributed by atoms with Crippen molar-refractivity contribution < 1.29 is 14.2 Å². The fourth-order valence-electron chi connectivity index (χ4n) is 3.65. The summed E-state index contributed by atoms with van der Waals surface area (Å²) in [6, 6.07) is 0. The van der Waals surface area contributed by atoms with Crippen LogP contribution in [0.25, 0.3) is 0 Å². The summed E-state index contributed by atoms with van der Waals surface area (Å²) < 4.78 is 17.2. The van der Waals surface area contributed by atoms with E-state index in [1.807, 2.05) is 0 Å². The normalized spacial score (nSPS) is 27.8. The van der Waals surface area contributed by atoms with Crippen LogP contribution < -0.4 is 5.32 Å². The minimum atomic E-state index is 0.224. The van der Waals surface area contributed by atoms with Crippen LogP contribution in [0.3, 0.4) is 0 Å². The fraction of sp³-hybridized carbons (Fsp3) is 0.947. The molecule has 3 saturated heterocycles. The first-order valence-electron chi connectivity index (χ1n) is 10.0. The predicted octanol–water partition coefficient (Wildman–Crippen LogP) is 2.04. The number of ether oxygens (including phenoxy) is 3. The summed E-state index contributed by atoms with van der Waals surface area (Å²) >= 11 is 0. The monoisotopic (exact) mass is 353 g/mol. The summed E-state index contributed by atoms with van der Waals surface area (Å²) in [6.07, 6.45) is 6.44. The molecule has 0 spiro atoms. The molecule has 0 aliphatic carbocycles. The zero-order chi connectivity index (χ0) is 17.5. The van der Waals surface area contributed by atoms with Crippen LogP contribution in [0, 0.1) is 5.41 Å². The van der Waals surface area contributed by atoms with Crippen LogP contribution in [0.1, 0.15) is 46.0 Å². The van der Waals surface area contributed by atoms with Crippen molar-refractivity contribution in [1.82, 2.24) is 10.2 Å². The number of nitrogens with one attached hydrogen (secondary N) is 1. The van der Waals surface area contributed by atoms with Crippen molar-refractivity contribution in [3.63, 3.8) is 0 Å². The molecule has 6 nitrogen and oxygen atoms in total. The number of hydrogen-bond acceptors (Lipinski definition) is 4. The molecule has 0 radical (unpaired) electrons. The minimum absolute atomic E-state index is 0.224. The number of guanidine groups is 1. The summed E-state index contributed by atoms with van der Waals surface area (Å²) in [6.45, 7) is 11.5. The van der Waals surface area contributed by atoms with Gasteiger partial charge in [0.2, 0.25) is 0 Å². The Labute approximate surface area is 152 Å². The molecule has 3 heterocycles. The van der Waals surface area contributed by atoms with Crippen LogP contribution in [0.5, 0.6) is 0 Å². The van der Waals surface area contributed by atoms with E-state index in [4.69, 9.17) is 19.2 Å². The van der Waals surface area contributed by atoms with E-state index in [0.717, 1.165) is 77.8 Å². The number of rotatable bonds is 6. The van der Waals surface area contributed by atoms with Gasteiger partial charge in [0.25, 0.3) is 0 Å². The van der Waals surface area contributed by atoms with Gasteiger partial charge in [-0.25, -0.2) is 0 Å². The largest absolute Gasteiger partial charge is 0.380 e. The second-order valence-corrected chi connectivity index (χ2v) is 7.98. The van der Waals surface area contributed by atoms with E-state index < -0.39 is 0 Å². The molecule has 0 amide bonds. The zero-order valence-corrected chi connectivity index (χ0v) is 16.0. The quantitative estimate of drug-likeness (QED) is 0.585. The van der Waals surface area contributed by atoms with Gasteiger partial charge in [0.15, 0.2) is 5.96 Å². The van der Waals surface area contributed by atoms with Crippen LogP contribution in [0.15, 0.2) is 4.99 Å². The lowest BCUT2D eigenvalue weighted by Crippen LogP contribution is -2.49. The highest BCUT2D eigenvalue weighted by atomic mass is 16.5. The van der Waals surface area contributed by atoms with Gasteiger partial charge in [-0.15, -0.1) is 0 Å². The van der Waals surface area contributed by atoms with E-state index >= 15 is 0 Å². The van der Waals surface area contributed by atoms with E-state index in [0.29, 0.717) is 12.2 Å². The molecule has 25 heavy (non-hydrogen) atoms. The van der Waals surface area contributed by atoms with Crippen LogP contribution >= 0.6 is 0 Å². The second-order valence-electron chi connectivity index (χ2n) is 7.98. The molecule has 0 aromatic rings. The Balaban J connectivity index is 1.41. The SMILES string of the molecule is CCNC(=NCC1(C)COC1)N1CCC(OCC2CCCCO2)CC1. The lowest BCUT2D eigenvalue weighted by molar-refractivity contribution is -0.0946. The third kappa shape index (κ3) is 5.56. The van der Waals surface area contributed by atoms with Gasteiger partial charge in [0.05, 0.1) is 38.6 Å². The Hall–Kier alpha value is -0.850. The van der Waals surface area contributed by atoms with Crippen LogP contribution in [-0.2, 0) is 14.2 Å². The molecule has 3 aliphatic heterocycles. The molecule has 144 valence electrons. The van der Waals surface area contributed by atoms with Crippen LogP contribution in [0.4, 0.5) is 0 Å². The molecule has 0 saturated carbocycles. The molecule has 3 fully saturated rings. The lowest BCUT2D eigenvalue weighted by Gasteiger charge is -2.38. The summed E-state index contributed by atoms with van der Waals surface area (Å²) in [5, 5.41) is 3.45. The maximum atomic E-state index is 6.12. The van der Waals surface area contributed by atoms with Crippen molar-refractivity contribution in [2.75, 3.05) is 52.6 Å². The highest BCUT2D eigenvalue weighted by molar-refractivity contribution is 5.80. The van der Waals surface area contributed by atoms with Crippen molar-refractivity contribution in [2.24, 2.45) is 10.4 Å². The number of aliphatic imine (C=N–C) groups is 1. The van der Waals surface area contributed by atoms with Crippen molar-refractivity contribution in [1.29, 1.82) is 0 Å². The van der Waals surface area contributed by atoms with Crippen molar-refractivity contribution in [3.8, 4) is 0 Å². The maximum absolute atomic E-state index is 6.12. The van der Waals surface area contributed by atoms with Gasteiger partial charge in [-0.05, 0) is 39.0 Å². The van der Waals surface area contributed by atoms with Gasteiger partial charge in [-0.2, -0.15) is 0 Å². The van der Waals surface area contributed by atoms with Gasteiger partial charge in [-0.3, -0.25) is 4.99 Å². The molecule has 0 aromatic carbocycles. The molecule has 1 N–H and O–H groups in total. The molecule has 0 aromatic heterocycles. The average molecular weight is 354 g/mol. The predicted molar refractivity (Wildman–Crippen MR) is 99.0 cm³/mol. The molecule has 0 bridgehead atoms. The van der Waals surface area contributed by atoms with Crippen molar-refractivity contribution >= 4 is 5.96 Å². The Morgan fingerprint density at radius 2 is 2.04 bits per heavy atom. The molecule has 1 unspecified atom stereocenters. The van der Waals surface area contributed by atoms with Crippen LogP contribution in [-0.4, -0.2) is 75.7 Å². The number of piperidine rings is 1. The van der Waals surface area contributed by atoms with Crippen molar-refractivity contribution in [3.05, 3.63) is 0 Å². The molecular formula is C19H35N3O3. The van der Waals surface area contributed by atoms with E-state index in [9.17, 15) is 0 Å². The fourth-order valence-corrected chi connectivity index (χ4v) is 3.65. The van der Waals surface area contributed by atoms with Crippen LogP contribution in [0.2, 0.25) is 0 Å². The molecule has 1 atom stereocenters. The van der Waals surface area contributed by atoms with E-state index in [-0.39, 0.29) is 5.41 Å². The second kappa shape index (κ2) is 9.19. The summed E-state index contributed by atoms with van der Waals surface area (Å²) in [5.74, 6) is 1.05. The molecule has 3 aliphatic rings. The number of likely N-dealkylation sites (tertiary alicyclic amines) is 1. The van der Waals surface area contributed by atoms with Crippen molar-refractivity contribution in [2.45, 2.75) is 58.2 Å². The first-order valence-corrected chi connectivity index (χ1v) is 10.0. The van der Waals surface area contributed by atoms with E-state index in [2.05, 4.69) is 24.1 Å². The van der Waals surface area contributed by atoms with E-state index in [1.165, 1.54) is 12.8 Å². The molecular weight excluding hydrogens is 318 g/mol. The highest BCUT2D eigenvalue weighted by Gasteiger charge is 2.33. The summed E-state index contributed by atoms with van der Waals surface area (Å²) in [7, 11) is 0. The Bertz CT molecular complexity index is 426. The topological polar surface area (TPSA) is 55.3 Å².